The molecule has 0 aliphatic rings. The largest absolute Gasteiger partial charge is 0.395 e. The van der Waals surface area contributed by atoms with E-state index in [-0.39, 0.29) is 11.5 Å². The third-order valence-corrected chi connectivity index (χ3v) is 5.63. The lowest BCUT2D eigenvalue weighted by molar-refractivity contribution is 0.292. The van der Waals surface area contributed by atoms with E-state index in [1.165, 1.54) is 12.1 Å². The first-order valence-electron chi connectivity index (χ1n) is 8.09. The number of nitrogens with zero attached hydrogens (tertiary/aromatic N) is 2. The molecule has 0 radical (unpaired) electrons. The molecule has 0 amide bonds. The Labute approximate surface area is 161 Å². The molecule has 0 aliphatic heterocycles. The number of nitrogens with one attached hydrogen (secondary N) is 2. The topological polar surface area (TPSA) is 130 Å². The number of aromatic nitrogens is 2. The number of rotatable bonds is 8. The fourth-order valence-corrected chi connectivity index (χ4v) is 3.78. The van der Waals surface area contributed by atoms with Gasteiger partial charge >= 0.3 is 0 Å². The molecule has 0 saturated heterocycles. The molecular formula is C17H19N5O3S2. The number of anilines is 2. The van der Waals surface area contributed by atoms with Gasteiger partial charge in [-0.05, 0) is 42.5 Å². The van der Waals surface area contributed by atoms with Gasteiger partial charge in [0.2, 0.25) is 16.0 Å². The lowest BCUT2D eigenvalue weighted by Gasteiger charge is -2.06. The molecule has 27 heavy (non-hydrogen) atoms. The maximum atomic E-state index is 11.3. The second-order valence-electron chi connectivity index (χ2n) is 5.63. The summed E-state index contributed by atoms with van der Waals surface area (Å²) in [5.41, 5.74) is 1.44. The van der Waals surface area contributed by atoms with Crippen LogP contribution in [-0.2, 0) is 16.6 Å². The monoisotopic (exact) mass is 405 g/mol. The highest BCUT2D eigenvalue weighted by atomic mass is 32.2. The Kier molecular flexibility index (Phi) is 6.14. The highest BCUT2D eigenvalue weighted by molar-refractivity contribution is 7.89. The van der Waals surface area contributed by atoms with Crippen LogP contribution in [-0.4, -0.2) is 36.6 Å². The molecule has 0 aliphatic carbocycles. The highest BCUT2D eigenvalue weighted by Crippen LogP contribution is 2.27. The summed E-state index contributed by atoms with van der Waals surface area (Å²) in [6.07, 6.45) is 1.66. The number of hydrogen-bond acceptors (Lipinski definition) is 8. The molecule has 5 N–H and O–H groups in total. The van der Waals surface area contributed by atoms with E-state index in [9.17, 15) is 8.42 Å². The average molecular weight is 406 g/mol. The van der Waals surface area contributed by atoms with Crippen molar-refractivity contribution >= 4 is 33.0 Å². The molecule has 0 atom stereocenters. The second-order valence-corrected chi connectivity index (χ2v) is 8.36. The molecule has 0 fully saturated rings. The van der Waals surface area contributed by atoms with Crippen molar-refractivity contribution in [3.63, 3.8) is 0 Å². The molecule has 0 saturated carbocycles. The van der Waals surface area contributed by atoms with E-state index in [1.807, 2.05) is 18.2 Å². The Hall–Kier alpha value is -2.37. The summed E-state index contributed by atoms with van der Waals surface area (Å²) in [6.45, 7) is 1.36. The first-order valence-corrected chi connectivity index (χ1v) is 10.5. The number of hydrogen-bond donors (Lipinski definition) is 4. The van der Waals surface area contributed by atoms with Crippen LogP contribution >= 0.6 is 11.3 Å². The molecule has 0 unspecified atom stereocenters. The molecule has 2 aromatic heterocycles. The SMILES string of the molecule is NS(=O)(=O)c1ccc(Nc2nccc(-c3ccc(CNCCO)s3)n2)cc1. The summed E-state index contributed by atoms with van der Waals surface area (Å²) in [5.74, 6) is 0.407. The van der Waals surface area contributed by atoms with Gasteiger partial charge in [0.05, 0.1) is 22.1 Å². The van der Waals surface area contributed by atoms with Crippen LogP contribution < -0.4 is 15.8 Å². The minimum atomic E-state index is -3.72. The van der Waals surface area contributed by atoms with E-state index in [2.05, 4.69) is 20.6 Å². The van der Waals surface area contributed by atoms with Crippen molar-refractivity contribution in [2.24, 2.45) is 5.14 Å². The van der Waals surface area contributed by atoms with Crippen LogP contribution in [0.5, 0.6) is 0 Å². The van der Waals surface area contributed by atoms with E-state index < -0.39 is 10.0 Å². The van der Waals surface area contributed by atoms with Gasteiger partial charge in [0.25, 0.3) is 0 Å². The number of nitrogens with two attached hydrogens (primary N) is 1. The number of aliphatic hydroxyl groups is 1. The van der Waals surface area contributed by atoms with Gasteiger partial charge in [-0.15, -0.1) is 11.3 Å². The van der Waals surface area contributed by atoms with Crippen LogP contribution in [0.15, 0.2) is 53.6 Å². The maximum absolute atomic E-state index is 11.3. The van der Waals surface area contributed by atoms with E-state index in [0.717, 1.165) is 15.4 Å². The van der Waals surface area contributed by atoms with Crippen molar-refractivity contribution in [3.8, 4) is 10.6 Å². The number of sulfonamides is 1. The lowest BCUT2D eigenvalue weighted by Crippen LogP contribution is -2.16. The summed E-state index contributed by atoms with van der Waals surface area (Å²) >= 11 is 1.61. The van der Waals surface area contributed by atoms with Crippen LogP contribution in [0, 0.1) is 0 Å². The summed E-state index contributed by atoms with van der Waals surface area (Å²) in [4.78, 5) is 10.9. The van der Waals surface area contributed by atoms with Gasteiger partial charge in [-0.25, -0.2) is 23.5 Å². The minimum Gasteiger partial charge on any atom is -0.395 e. The first-order chi connectivity index (χ1) is 13.0. The molecular weight excluding hydrogens is 386 g/mol. The van der Waals surface area contributed by atoms with Crippen LogP contribution in [0.25, 0.3) is 10.6 Å². The van der Waals surface area contributed by atoms with Gasteiger partial charge in [0.15, 0.2) is 0 Å². The van der Waals surface area contributed by atoms with Crippen LogP contribution in [0.2, 0.25) is 0 Å². The minimum absolute atomic E-state index is 0.0450. The average Bonchev–Trinajstić information content (AvgIpc) is 3.11. The Morgan fingerprint density at radius 1 is 1.11 bits per heavy atom. The Bertz CT molecular complexity index is 1000. The molecule has 2 heterocycles. The van der Waals surface area contributed by atoms with Crippen molar-refractivity contribution in [2.75, 3.05) is 18.5 Å². The Balaban J connectivity index is 1.72. The summed E-state index contributed by atoms with van der Waals surface area (Å²) < 4.78 is 22.6. The zero-order chi connectivity index (χ0) is 19.3. The van der Waals surface area contributed by atoms with Crippen molar-refractivity contribution in [1.29, 1.82) is 0 Å². The molecule has 3 rings (SSSR count). The number of thiophene rings is 1. The summed E-state index contributed by atoms with van der Waals surface area (Å²) in [6, 6.07) is 11.9. The molecule has 0 bridgehead atoms. The van der Waals surface area contributed by atoms with Gasteiger partial charge in [0.1, 0.15) is 0 Å². The van der Waals surface area contributed by atoms with E-state index >= 15 is 0 Å². The fourth-order valence-electron chi connectivity index (χ4n) is 2.31. The number of aliphatic hydroxyl groups excluding tert-OH is 1. The molecule has 0 spiro atoms. The van der Waals surface area contributed by atoms with Crippen molar-refractivity contribution in [3.05, 3.63) is 53.5 Å². The van der Waals surface area contributed by atoms with E-state index in [0.29, 0.717) is 24.7 Å². The van der Waals surface area contributed by atoms with Gasteiger partial charge in [-0.3, -0.25) is 0 Å². The number of benzene rings is 1. The van der Waals surface area contributed by atoms with E-state index in [4.69, 9.17) is 10.2 Å². The first kappa shape index (κ1) is 19.4. The van der Waals surface area contributed by atoms with Gasteiger partial charge in [0, 0.05) is 29.9 Å². The zero-order valence-corrected chi connectivity index (χ0v) is 15.9. The summed E-state index contributed by atoms with van der Waals surface area (Å²) in [7, 11) is -3.72. The highest BCUT2D eigenvalue weighted by Gasteiger charge is 2.09. The maximum Gasteiger partial charge on any atom is 0.238 e. The lowest BCUT2D eigenvalue weighted by atomic mass is 10.3. The second kappa shape index (κ2) is 8.55. The Morgan fingerprint density at radius 3 is 2.59 bits per heavy atom. The van der Waals surface area contributed by atoms with Crippen molar-refractivity contribution in [2.45, 2.75) is 11.4 Å². The third-order valence-electron chi connectivity index (χ3n) is 3.60. The zero-order valence-electron chi connectivity index (χ0n) is 14.3. The smallest absolute Gasteiger partial charge is 0.238 e. The number of primary sulfonamides is 1. The quantitative estimate of drug-likeness (QED) is 0.419. The molecule has 3 aromatic rings. The fraction of sp³-hybridized carbons (Fsp3) is 0.176. The predicted octanol–water partition coefficient (Wildman–Crippen LogP) is 1.68. The Morgan fingerprint density at radius 2 is 1.89 bits per heavy atom. The van der Waals surface area contributed by atoms with E-state index in [1.54, 1.807) is 29.7 Å². The summed E-state index contributed by atoms with van der Waals surface area (Å²) in [5, 5.41) is 20.1. The normalized spacial score (nSPS) is 11.5. The van der Waals surface area contributed by atoms with Crippen molar-refractivity contribution < 1.29 is 13.5 Å². The van der Waals surface area contributed by atoms with Crippen LogP contribution in [0.1, 0.15) is 4.88 Å². The van der Waals surface area contributed by atoms with Gasteiger partial charge < -0.3 is 15.7 Å². The molecule has 10 heteroatoms. The van der Waals surface area contributed by atoms with Gasteiger partial charge in [-0.1, -0.05) is 0 Å². The predicted molar refractivity (Wildman–Crippen MR) is 105 cm³/mol. The molecule has 8 nitrogen and oxygen atoms in total. The standard InChI is InChI=1S/C17H19N5O3S2/c18-27(24,25)14-4-1-12(2-5-14)21-17-20-8-7-15(22-17)16-6-3-13(26-16)11-19-9-10-23/h1-8,19,23H,9-11H2,(H2,18,24,25)(H,20,21,22). The third kappa shape index (κ3) is 5.31. The van der Waals surface area contributed by atoms with Gasteiger partial charge in [-0.2, -0.15) is 0 Å². The molecule has 142 valence electrons. The van der Waals surface area contributed by atoms with Crippen LogP contribution in [0.3, 0.4) is 0 Å². The van der Waals surface area contributed by atoms with Crippen LogP contribution in [0.4, 0.5) is 11.6 Å². The molecule has 1 aromatic carbocycles. The van der Waals surface area contributed by atoms with Crippen molar-refractivity contribution in [1.82, 2.24) is 15.3 Å².